The normalized spacial score (nSPS) is 11.5. The predicted molar refractivity (Wildman–Crippen MR) is 89.3 cm³/mol. The van der Waals surface area contributed by atoms with Gasteiger partial charge in [0.2, 0.25) is 0 Å². The number of amides is 1. The maximum atomic E-state index is 12.5. The Hall–Kier alpha value is -2.96. The molecule has 0 unspecified atom stereocenters. The van der Waals surface area contributed by atoms with Gasteiger partial charge in [-0.05, 0) is 13.0 Å². The largest absolute Gasteiger partial charge is 0.360 e. The SMILES string of the molecule is Cc1nccn1-c1ccncc1NC(=O)c1cc(C(C)(C)C)on1. The van der Waals surface area contributed by atoms with Crippen molar-refractivity contribution in [2.75, 3.05) is 5.32 Å². The average Bonchev–Trinajstić information content (AvgIpc) is 3.16. The first kappa shape index (κ1) is 15.9. The minimum absolute atomic E-state index is 0.209. The fourth-order valence-electron chi connectivity index (χ4n) is 2.25. The first-order valence-corrected chi connectivity index (χ1v) is 7.59. The zero-order valence-corrected chi connectivity index (χ0v) is 14.1. The van der Waals surface area contributed by atoms with Crippen molar-refractivity contribution in [1.29, 1.82) is 0 Å². The van der Waals surface area contributed by atoms with Gasteiger partial charge in [-0.1, -0.05) is 25.9 Å². The van der Waals surface area contributed by atoms with Crippen LogP contribution in [-0.4, -0.2) is 25.6 Å². The highest BCUT2D eigenvalue weighted by atomic mass is 16.5. The fraction of sp³-hybridized carbons (Fsp3) is 0.294. The number of nitrogens with zero attached hydrogens (tertiary/aromatic N) is 4. The third kappa shape index (κ3) is 3.05. The first-order valence-electron chi connectivity index (χ1n) is 7.59. The van der Waals surface area contributed by atoms with Crippen LogP contribution in [0.15, 0.2) is 41.4 Å². The van der Waals surface area contributed by atoms with E-state index in [0.717, 1.165) is 11.5 Å². The molecular weight excluding hydrogens is 306 g/mol. The van der Waals surface area contributed by atoms with Gasteiger partial charge in [-0.3, -0.25) is 9.78 Å². The van der Waals surface area contributed by atoms with Crippen LogP contribution in [0.2, 0.25) is 0 Å². The van der Waals surface area contributed by atoms with E-state index >= 15 is 0 Å². The molecule has 1 amide bonds. The van der Waals surface area contributed by atoms with Crippen molar-refractivity contribution >= 4 is 11.6 Å². The lowest BCUT2D eigenvalue weighted by Gasteiger charge is -2.12. The van der Waals surface area contributed by atoms with E-state index < -0.39 is 0 Å². The van der Waals surface area contributed by atoms with Crippen LogP contribution in [0, 0.1) is 6.92 Å². The minimum atomic E-state index is -0.346. The number of aryl methyl sites for hydroxylation is 1. The quantitative estimate of drug-likeness (QED) is 0.799. The van der Waals surface area contributed by atoms with Crippen LogP contribution >= 0.6 is 0 Å². The maximum absolute atomic E-state index is 12.5. The van der Waals surface area contributed by atoms with Gasteiger partial charge in [-0.25, -0.2) is 4.98 Å². The van der Waals surface area contributed by atoms with Crippen LogP contribution in [0.1, 0.15) is 42.8 Å². The average molecular weight is 325 g/mol. The van der Waals surface area contributed by atoms with Crippen LogP contribution in [0.5, 0.6) is 0 Å². The van der Waals surface area contributed by atoms with E-state index in [4.69, 9.17) is 4.52 Å². The summed E-state index contributed by atoms with van der Waals surface area (Å²) in [5.74, 6) is 1.12. The maximum Gasteiger partial charge on any atom is 0.277 e. The number of carbonyl (C=O) groups excluding carboxylic acids is 1. The molecule has 0 atom stereocenters. The third-order valence-electron chi connectivity index (χ3n) is 3.61. The van der Waals surface area contributed by atoms with E-state index in [1.165, 1.54) is 0 Å². The Bertz CT molecular complexity index is 873. The van der Waals surface area contributed by atoms with Crippen LogP contribution < -0.4 is 5.32 Å². The molecule has 0 radical (unpaired) electrons. The molecule has 0 aliphatic rings. The number of aromatic nitrogens is 4. The topological polar surface area (TPSA) is 85.8 Å². The summed E-state index contributed by atoms with van der Waals surface area (Å²) in [5, 5.41) is 6.70. The number of imidazole rings is 1. The first-order chi connectivity index (χ1) is 11.4. The smallest absolute Gasteiger partial charge is 0.277 e. The van der Waals surface area contributed by atoms with Gasteiger partial charge in [0, 0.05) is 30.1 Å². The molecule has 24 heavy (non-hydrogen) atoms. The molecule has 0 aliphatic heterocycles. The molecular formula is C17H19N5O2. The number of hydrogen-bond donors (Lipinski definition) is 1. The molecule has 0 bridgehead atoms. The summed E-state index contributed by atoms with van der Waals surface area (Å²) < 4.78 is 7.14. The lowest BCUT2D eigenvalue weighted by atomic mass is 9.93. The number of nitrogens with one attached hydrogen (secondary N) is 1. The third-order valence-corrected chi connectivity index (χ3v) is 3.61. The van der Waals surface area contributed by atoms with Crippen LogP contribution in [0.25, 0.3) is 5.69 Å². The van der Waals surface area contributed by atoms with Gasteiger partial charge in [-0.15, -0.1) is 0 Å². The lowest BCUT2D eigenvalue weighted by Crippen LogP contribution is -2.15. The fourth-order valence-corrected chi connectivity index (χ4v) is 2.25. The Balaban J connectivity index is 1.88. The molecule has 0 aromatic carbocycles. The molecule has 3 aromatic heterocycles. The van der Waals surface area contributed by atoms with E-state index in [9.17, 15) is 4.79 Å². The second-order valence-corrected chi connectivity index (χ2v) is 6.52. The molecule has 0 spiro atoms. The molecule has 0 saturated heterocycles. The summed E-state index contributed by atoms with van der Waals surface area (Å²) in [4.78, 5) is 20.8. The van der Waals surface area contributed by atoms with Crippen molar-refractivity contribution in [3.63, 3.8) is 0 Å². The number of carbonyl (C=O) groups is 1. The standard InChI is InChI=1S/C17H19N5O2/c1-11-19-7-8-22(11)14-5-6-18-10-13(14)20-16(23)12-9-15(24-21-12)17(2,3)4/h5-10H,1-4H3,(H,20,23). The molecule has 1 N–H and O–H groups in total. The van der Waals surface area contributed by atoms with Crippen molar-refractivity contribution in [3.8, 4) is 5.69 Å². The van der Waals surface area contributed by atoms with Crippen LogP contribution in [-0.2, 0) is 5.41 Å². The van der Waals surface area contributed by atoms with Crippen molar-refractivity contribution in [2.45, 2.75) is 33.1 Å². The summed E-state index contributed by atoms with van der Waals surface area (Å²) in [6, 6.07) is 3.47. The van der Waals surface area contributed by atoms with Crippen LogP contribution in [0.4, 0.5) is 5.69 Å². The van der Waals surface area contributed by atoms with Gasteiger partial charge in [-0.2, -0.15) is 0 Å². The molecule has 3 rings (SSSR count). The van der Waals surface area contributed by atoms with E-state index in [2.05, 4.69) is 20.4 Å². The van der Waals surface area contributed by atoms with Gasteiger partial charge < -0.3 is 14.4 Å². The van der Waals surface area contributed by atoms with Crippen molar-refractivity contribution < 1.29 is 9.32 Å². The molecule has 0 aliphatic carbocycles. The van der Waals surface area contributed by atoms with E-state index in [1.54, 1.807) is 24.7 Å². The predicted octanol–water partition coefficient (Wildman–Crippen LogP) is 3.11. The van der Waals surface area contributed by atoms with Crippen molar-refractivity contribution in [1.82, 2.24) is 19.7 Å². The minimum Gasteiger partial charge on any atom is -0.360 e. The Morgan fingerprint density at radius 1 is 1.29 bits per heavy atom. The number of hydrogen-bond acceptors (Lipinski definition) is 5. The Morgan fingerprint density at radius 3 is 2.71 bits per heavy atom. The molecule has 7 nitrogen and oxygen atoms in total. The molecule has 124 valence electrons. The van der Waals surface area contributed by atoms with Crippen molar-refractivity contribution in [2.24, 2.45) is 0 Å². The number of anilines is 1. The summed E-state index contributed by atoms with van der Waals surface area (Å²) in [6.45, 7) is 7.88. The molecule has 3 heterocycles. The summed E-state index contributed by atoms with van der Waals surface area (Å²) in [6.07, 6.45) is 6.79. The summed E-state index contributed by atoms with van der Waals surface area (Å²) in [7, 11) is 0. The Kier molecular flexibility index (Phi) is 3.92. The number of pyridine rings is 1. The highest BCUT2D eigenvalue weighted by Crippen LogP contribution is 2.24. The molecule has 3 aromatic rings. The summed E-state index contributed by atoms with van der Waals surface area (Å²) >= 11 is 0. The van der Waals surface area contributed by atoms with Crippen LogP contribution in [0.3, 0.4) is 0 Å². The zero-order chi connectivity index (χ0) is 17.3. The second-order valence-electron chi connectivity index (χ2n) is 6.52. The Morgan fingerprint density at radius 2 is 2.08 bits per heavy atom. The second kappa shape index (κ2) is 5.92. The van der Waals surface area contributed by atoms with Gasteiger partial charge in [0.15, 0.2) is 5.69 Å². The van der Waals surface area contributed by atoms with E-state index in [-0.39, 0.29) is 17.0 Å². The highest BCUT2D eigenvalue weighted by Gasteiger charge is 2.22. The monoisotopic (exact) mass is 325 g/mol. The van der Waals surface area contributed by atoms with E-state index in [0.29, 0.717) is 11.4 Å². The van der Waals surface area contributed by atoms with Gasteiger partial charge >= 0.3 is 0 Å². The Labute approximate surface area is 139 Å². The lowest BCUT2D eigenvalue weighted by molar-refractivity contribution is 0.101. The highest BCUT2D eigenvalue weighted by molar-refractivity contribution is 6.03. The zero-order valence-electron chi connectivity index (χ0n) is 14.1. The van der Waals surface area contributed by atoms with Gasteiger partial charge in [0.05, 0.1) is 17.6 Å². The van der Waals surface area contributed by atoms with E-state index in [1.807, 2.05) is 44.5 Å². The summed E-state index contributed by atoms with van der Waals surface area (Å²) in [5.41, 5.74) is 1.38. The van der Waals surface area contributed by atoms with Gasteiger partial charge in [0.1, 0.15) is 11.6 Å². The van der Waals surface area contributed by atoms with Crippen molar-refractivity contribution in [3.05, 3.63) is 54.2 Å². The molecule has 0 fully saturated rings. The van der Waals surface area contributed by atoms with Gasteiger partial charge in [0.25, 0.3) is 5.91 Å². The number of rotatable bonds is 3. The molecule has 7 heteroatoms. The molecule has 0 saturated carbocycles.